The summed E-state index contributed by atoms with van der Waals surface area (Å²) >= 11 is 3.97. The molecule has 0 atom stereocenters. The van der Waals surface area contributed by atoms with Crippen LogP contribution in [0, 0.1) is 5.82 Å². The smallest absolute Gasteiger partial charge is 0.253 e. The van der Waals surface area contributed by atoms with Gasteiger partial charge in [-0.15, -0.1) is 12.6 Å². The van der Waals surface area contributed by atoms with E-state index in [0.717, 1.165) is 25.7 Å². The van der Waals surface area contributed by atoms with Crippen molar-refractivity contribution in [1.82, 2.24) is 4.90 Å². The summed E-state index contributed by atoms with van der Waals surface area (Å²) < 4.78 is 13.1. The van der Waals surface area contributed by atoms with Crippen LogP contribution < -0.4 is 0 Å². The third-order valence-electron chi connectivity index (χ3n) is 3.61. The van der Waals surface area contributed by atoms with Gasteiger partial charge in [-0.25, -0.2) is 4.39 Å². The van der Waals surface area contributed by atoms with Crippen LogP contribution in [0.25, 0.3) is 0 Å². The van der Waals surface area contributed by atoms with Gasteiger partial charge in [0.25, 0.3) is 5.91 Å². The molecule has 19 heavy (non-hydrogen) atoms. The fourth-order valence-electron chi connectivity index (χ4n) is 2.57. The molecule has 1 aromatic rings. The molecule has 5 heteroatoms. The van der Waals surface area contributed by atoms with Gasteiger partial charge in [-0.1, -0.05) is 12.8 Å². The lowest BCUT2D eigenvalue weighted by molar-refractivity contribution is 0.0156. The van der Waals surface area contributed by atoms with Gasteiger partial charge in [-0.2, -0.15) is 0 Å². The summed E-state index contributed by atoms with van der Waals surface area (Å²) in [7, 11) is 1.65. The Balaban J connectivity index is 2.08. The molecule has 0 heterocycles. The zero-order chi connectivity index (χ0) is 14.0. The van der Waals surface area contributed by atoms with Gasteiger partial charge in [-0.05, 0) is 31.0 Å². The second-order valence-corrected chi connectivity index (χ2v) is 5.74. The maximum absolute atomic E-state index is 13.1. The van der Waals surface area contributed by atoms with E-state index in [9.17, 15) is 14.3 Å². The van der Waals surface area contributed by atoms with E-state index in [-0.39, 0.29) is 10.8 Å². The van der Waals surface area contributed by atoms with Crippen molar-refractivity contribution in [3.63, 3.8) is 0 Å². The predicted octanol–water partition coefficient (Wildman–Crippen LogP) is 2.49. The zero-order valence-corrected chi connectivity index (χ0v) is 11.8. The van der Waals surface area contributed by atoms with Gasteiger partial charge in [0, 0.05) is 24.1 Å². The summed E-state index contributed by atoms with van der Waals surface area (Å²) in [4.78, 5) is 13.8. The van der Waals surface area contributed by atoms with Crippen LogP contribution in [0.15, 0.2) is 23.1 Å². The van der Waals surface area contributed by atoms with E-state index < -0.39 is 11.4 Å². The summed E-state index contributed by atoms with van der Waals surface area (Å²) in [6.07, 6.45) is 3.45. The molecule has 1 saturated carbocycles. The molecule has 1 aliphatic carbocycles. The number of likely N-dealkylation sites (N-methyl/N-ethyl adjacent to an activating group) is 1. The lowest BCUT2D eigenvalue weighted by Gasteiger charge is -2.28. The zero-order valence-electron chi connectivity index (χ0n) is 10.9. The number of halogens is 1. The standard InChI is InChI=1S/C14H18FNO2S/c1-16(9-14(18)6-2-3-7-14)13(17)10-4-5-11(15)12(19)8-10/h4-5,8,18-19H,2-3,6-7,9H2,1H3. The molecule has 3 nitrogen and oxygen atoms in total. The molecule has 1 aromatic carbocycles. The van der Waals surface area contributed by atoms with Gasteiger partial charge in [0.05, 0.1) is 5.60 Å². The minimum atomic E-state index is -0.770. The first kappa shape index (κ1) is 14.3. The molecule has 1 aliphatic rings. The number of hydrogen-bond donors (Lipinski definition) is 2. The molecule has 2 rings (SSSR count). The topological polar surface area (TPSA) is 40.5 Å². The van der Waals surface area contributed by atoms with Crippen LogP contribution >= 0.6 is 12.6 Å². The molecule has 0 bridgehead atoms. The van der Waals surface area contributed by atoms with Crippen molar-refractivity contribution in [2.75, 3.05) is 13.6 Å². The Morgan fingerprint density at radius 3 is 2.68 bits per heavy atom. The monoisotopic (exact) mass is 283 g/mol. The van der Waals surface area contributed by atoms with Crippen molar-refractivity contribution in [1.29, 1.82) is 0 Å². The summed E-state index contributed by atoms with van der Waals surface area (Å²) in [5.74, 6) is -0.674. The second kappa shape index (κ2) is 5.51. The van der Waals surface area contributed by atoms with Crippen LogP contribution in [0.4, 0.5) is 4.39 Å². The number of hydrogen-bond acceptors (Lipinski definition) is 3. The molecule has 0 spiro atoms. The lowest BCUT2D eigenvalue weighted by Crippen LogP contribution is -2.42. The Labute approximate surface area is 117 Å². The highest BCUT2D eigenvalue weighted by atomic mass is 32.1. The average Bonchev–Trinajstić information content (AvgIpc) is 2.78. The van der Waals surface area contributed by atoms with Crippen molar-refractivity contribution in [3.05, 3.63) is 29.6 Å². The molecule has 104 valence electrons. The largest absolute Gasteiger partial charge is 0.388 e. The fraction of sp³-hybridized carbons (Fsp3) is 0.500. The van der Waals surface area contributed by atoms with E-state index in [1.54, 1.807) is 7.05 Å². The van der Waals surface area contributed by atoms with E-state index in [2.05, 4.69) is 12.6 Å². The number of rotatable bonds is 3. The molecule has 0 aromatic heterocycles. The molecule has 0 unspecified atom stereocenters. The van der Waals surface area contributed by atoms with Crippen LogP contribution in [-0.4, -0.2) is 35.1 Å². The normalized spacial score (nSPS) is 17.5. The van der Waals surface area contributed by atoms with Gasteiger partial charge in [0.2, 0.25) is 0 Å². The highest BCUT2D eigenvalue weighted by Gasteiger charge is 2.33. The van der Waals surface area contributed by atoms with E-state index >= 15 is 0 Å². The van der Waals surface area contributed by atoms with Crippen LogP contribution in [0.1, 0.15) is 36.0 Å². The third-order valence-corrected chi connectivity index (χ3v) is 3.95. The maximum atomic E-state index is 13.1. The minimum absolute atomic E-state index is 0.152. The number of aliphatic hydroxyl groups is 1. The Bertz CT molecular complexity index is 486. The lowest BCUT2D eigenvalue weighted by atomic mass is 10.0. The predicted molar refractivity (Wildman–Crippen MR) is 74.0 cm³/mol. The fourth-order valence-corrected chi connectivity index (χ4v) is 2.78. The van der Waals surface area contributed by atoms with E-state index in [1.807, 2.05) is 0 Å². The Hall–Kier alpha value is -1.07. The maximum Gasteiger partial charge on any atom is 0.253 e. The number of carbonyl (C=O) groups is 1. The van der Waals surface area contributed by atoms with Crippen LogP contribution in [0.2, 0.25) is 0 Å². The molecular weight excluding hydrogens is 265 g/mol. The van der Waals surface area contributed by atoms with Crippen molar-refractivity contribution in [2.45, 2.75) is 36.2 Å². The molecule has 0 saturated heterocycles. The molecule has 1 amide bonds. The number of benzene rings is 1. The first-order chi connectivity index (χ1) is 8.91. The van der Waals surface area contributed by atoms with E-state index in [1.165, 1.54) is 23.1 Å². The summed E-state index contributed by atoms with van der Waals surface area (Å²) in [5, 5.41) is 10.3. The quantitative estimate of drug-likeness (QED) is 0.837. The van der Waals surface area contributed by atoms with E-state index in [0.29, 0.717) is 12.1 Å². The number of thiol groups is 1. The van der Waals surface area contributed by atoms with Gasteiger partial charge in [-0.3, -0.25) is 4.79 Å². The Morgan fingerprint density at radius 2 is 2.11 bits per heavy atom. The van der Waals surface area contributed by atoms with Gasteiger partial charge >= 0.3 is 0 Å². The number of amides is 1. The summed E-state index contributed by atoms with van der Waals surface area (Å²) in [6, 6.07) is 4.08. The van der Waals surface area contributed by atoms with Crippen molar-refractivity contribution < 1.29 is 14.3 Å². The average molecular weight is 283 g/mol. The Morgan fingerprint density at radius 1 is 1.47 bits per heavy atom. The van der Waals surface area contributed by atoms with Crippen LogP contribution in [0.3, 0.4) is 0 Å². The number of nitrogens with zero attached hydrogens (tertiary/aromatic N) is 1. The first-order valence-electron chi connectivity index (χ1n) is 6.38. The highest BCUT2D eigenvalue weighted by molar-refractivity contribution is 7.80. The third kappa shape index (κ3) is 3.28. The van der Waals surface area contributed by atoms with Gasteiger partial charge in [0.1, 0.15) is 5.82 Å². The van der Waals surface area contributed by atoms with Crippen LogP contribution in [0.5, 0.6) is 0 Å². The molecule has 0 radical (unpaired) electrons. The molecule has 1 fully saturated rings. The van der Waals surface area contributed by atoms with Crippen LogP contribution in [-0.2, 0) is 0 Å². The summed E-state index contributed by atoms with van der Waals surface area (Å²) in [6.45, 7) is 0.311. The molecule has 0 aliphatic heterocycles. The first-order valence-corrected chi connectivity index (χ1v) is 6.82. The highest BCUT2D eigenvalue weighted by Crippen LogP contribution is 2.30. The van der Waals surface area contributed by atoms with Crippen molar-refractivity contribution in [2.24, 2.45) is 0 Å². The molecular formula is C14H18FNO2S. The second-order valence-electron chi connectivity index (χ2n) is 5.26. The summed E-state index contributed by atoms with van der Waals surface area (Å²) in [5.41, 5.74) is -0.385. The SMILES string of the molecule is CN(CC1(O)CCCC1)C(=O)c1ccc(F)c(S)c1. The van der Waals surface area contributed by atoms with Gasteiger partial charge < -0.3 is 10.0 Å². The minimum Gasteiger partial charge on any atom is -0.388 e. The van der Waals surface area contributed by atoms with Gasteiger partial charge in [0.15, 0.2) is 0 Å². The van der Waals surface area contributed by atoms with E-state index in [4.69, 9.17) is 0 Å². The molecule has 1 N–H and O–H groups in total. The Kier molecular flexibility index (Phi) is 4.16. The van der Waals surface area contributed by atoms with Crippen molar-refractivity contribution >= 4 is 18.5 Å². The number of carbonyl (C=O) groups excluding carboxylic acids is 1. The van der Waals surface area contributed by atoms with Crippen molar-refractivity contribution in [3.8, 4) is 0 Å².